The van der Waals surface area contributed by atoms with Gasteiger partial charge in [0.15, 0.2) is 0 Å². The molecule has 0 aromatic heterocycles. The van der Waals surface area contributed by atoms with Crippen LogP contribution in [-0.2, 0) is 0 Å². The molecule has 2 heteroatoms. The summed E-state index contributed by atoms with van der Waals surface area (Å²) in [5.74, 6) is 10.9. The number of hydrogen-bond donors (Lipinski definition) is 2. The molecular formula is C30H46O2. The van der Waals surface area contributed by atoms with Crippen LogP contribution in [0.3, 0.4) is 0 Å². The first kappa shape index (κ1) is 30.1. The van der Waals surface area contributed by atoms with Crippen molar-refractivity contribution in [2.24, 2.45) is 0 Å². The summed E-state index contributed by atoms with van der Waals surface area (Å²) in [7, 11) is 0. The van der Waals surface area contributed by atoms with Gasteiger partial charge in [-0.05, 0) is 57.1 Å². The van der Waals surface area contributed by atoms with E-state index in [4.69, 9.17) is 12.8 Å². The standard InChI is InChI=1S/C30H46O2/c1-3-5-6-7-8-9-10-11-12-13-14-18-21-24-27-30(32)28-25-22-19-16-15-17-20-23-26-29(31)4-2/h1-2,5-6,24,27,29-32H,7-23,26H2/b6-5-,27-24-. The van der Waals surface area contributed by atoms with E-state index < -0.39 is 12.2 Å². The van der Waals surface area contributed by atoms with Crippen molar-refractivity contribution in [3.63, 3.8) is 0 Å². The maximum absolute atomic E-state index is 9.90. The molecule has 0 saturated carbocycles. The van der Waals surface area contributed by atoms with Gasteiger partial charge in [-0.1, -0.05) is 94.1 Å². The first-order valence-electron chi connectivity index (χ1n) is 12.8. The van der Waals surface area contributed by atoms with Crippen LogP contribution in [0.1, 0.15) is 116 Å². The molecule has 0 aliphatic rings. The average Bonchev–Trinajstić information content (AvgIpc) is 2.80. The first-order valence-corrected chi connectivity index (χ1v) is 12.8. The van der Waals surface area contributed by atoms with Gasteiger partial charge in [0, 0.05) is 6.42 Å². The molecular weight excluding hydrogens is 392 g/mol. The van der Waals surface area contributed by atoms with Gasteiger partial charge in [0.25, 0.3) is 0 Å². The summed E-state index contributed by atoms with van der Waals surface area (Å²) in [6.45, 7) is 0. The Morgan fingerprint density at radius 1 is 0.656 bits per heavy atom. The van der Waals surface area contributed by atoms with E-state index in [2.05, 4.69) is 35.8 Å². The smallest absolute Gasteiger partial charge is 0.133 e. The van der Waals surface area contributed by atoms with Gasteiger partial charge in [-0.15, -0.1) is 18.8 Å². The third kappa shape index (κ3) is 24.4. The molecule has 0 rings (SSSR count). The number of aliphatic hydroxyl groups excluding tert-OH is 2. The van der Waals surface area contributed by atoms with Crippen molar-refractivity contribution < 1.29 is 10.2 Å². The highest BCUT2D eigenvalue weighted by molar-refractivity contribution is 5.12. The Morgan fingerprint density at radius 3 is 1.78 bits per heavy atom. The largest absolute Gasteiger partial charge is 0.380 e. The van der Waals surface area contributed by atoms with Gasteiger partial charge in [-0.25, -0.2) is 0 Å². The van der Waals surface area contributed by atoms with Gasteiger partial charge in [0.2, 0.25) is 0 Å². The summed E-state index contributed by atoms with van der Waals surface area (Å²) in [4.78, 5) is 0. The summed E-state index contributed by atoms with van der Waals surface area (Å²) in [6, 6.07) is 0. The first-order chi connectivity index (χ1) is 15.7. The van der Waals surface area contributed by atoms with E-state index >= 15 is 0 Å². The van der Waals surface area contributed by atoms with Gasteiger partial charge >= 0.3 is 0 Å². The Morgan fingerprint density at radius 2 is 1.19 bits per heavy atom. The van der Waals surface area contributed by atoms with Crippen LogP contribution in [0, 0.1) is 36.5 Å². The number of terminal acetylenes is 2. The van der Waals surface area contributed by atoms with Gasteiger partial charge < -0.3 is 10.2 Å². The molecule has 2 N–H and O–H groups in total. The van der Waals surface area contributed by atoms with Crippen molar-refractivity contribution in [3.05, 3.63) is 24.3 Å². The van der Waals surface area contributed by atoms with E-state index in [1.165, 1.54) is 70.6 Å². The molecule has 0 spiro atoms. The van der Waals surface area contributed by atoms with Crippen molar-refractivity contribution in [1.29, 1.82) is 0 Å². The van der Waals surface area contributed by atoms with Crippen LogP contribution in [0.5, 0.6) is 0 Å². The number of aliphatic hydroxyl groups is 2. The lowest BCUT2D eigenvalue weighted by Gasteiger charge is -2.02. The van der Waals surface area contributed by atoms with E-state index in [9.17, 15) is 10.2 Å². The molecule has 0 amide bonds. The van der Waals surface area contributed by atoms with Crippen LogP contribution in [-0.4, -0.2) is 22.4 Å². The van der Waals surface area contributed by atoms with Crippen LogP contribution < -0.4 is 0 Å². The van der Waals surface area contributed by atoms with E-state index in [0.29, 0.717) is 6.42 Å². The molecule has 0 saturated heterocycles. The van der Waals surface area contributed by atoms with Crippen LogP contribution in [0.15, 0.2) is 24.3 Å². The fourth-order valence-corrected chi connectivity index (χ4v) is 3.53. The van der Waals surface area contributed by atoms with Crippen molar-refractivity contribution in [2.45, 2.75) is 128 Å². The summed E-state index contributed by atoms with van der Waals surface area (Å²) in [5, 5.41) is 19.2. The van der Waals surface area contributed by atoms with Crippen molar-refractivity contribution in [2.75, 3.05) is 0 Å². The molecule has 0 aliphatic heterocycles. The highest BCUT2D eigenvalue weighted by atomic mass is 16.3. The van der Waals surface area contributed by atoms with E-state index in [0.717, 1.165) is 38.5 Å². The lowest BCUT2D eigenvalue weighted by molar-refractivity contribution is 0.217. The van der Waals surface area contributed by atoms with Gasteiger partial charge in [0.05, 0.1) is 0 Å². The topological polar surface area (TPSA) is 40.5 Å². The van der Waals surface area contributed by atoms with Gasteiger partial charge in [-0.3, -0.25) is 0 Å². The minimum atomic E-state index is -0.631. The number of allylic oxidation sites excluding steroid dienone is 3. The normalized spacial score (nSPS) is 12.9. The third-order valence-corrected chi connectivity index (χ3v) is 5.50. The molecule has 0 aromatic carbocycles. The molecule has 178 valence electrons. The summed E-state index contributed by atoms with van der Waals surface area (Å²) < 4.78 is 0. The van der Waals surface area contributed by atoms with Gasteiger partial charge in [0.1, 0.15) is 12.2 Å². The molecule has 0 aliphatic carbocycles. The molecule has 0 aromatic rings. The molecule has 2 atom stereocenters. The van der Waals surface area contributed by atoms with Crippen molar-refractivity contribution >= 4 is 0 Å². The maximum Gasteiger partial charge on any atom is 0.133 e. The Labute approximate surface area is 199 Å². The molecule has 0 fully saturated rings. The number of rotatable bonds is 20. The van der Waals surface area contributed by atoms with Gasteiger partial charge in [-0.2, -0.15) is 0 Å². The van der Waals surface area contributed by atoms with Crippen LogP contribution in [0.4, 0.5) is 0 Å². The average molecular weight is 439 g/mol. The van der Waals surface area contributed by atoms with Crippen molar-refractivity contribution in [1.82, 2.24) is 0 Å². The second-order valence-electron chi connectivity index (χ2n) is 8.51. The van der Waals surface area contributed by atoms with E-state index in [1.54, 1.807) is 6.08 Å². The molecule has 2 nitrogen and oxygen atoms in total. The predicted octanol–water partition coefficient (Wildman–Crippen LogP) is 7.11. The Bertz CT molecular complexity index is 605. The molecule has 0 radical (unpaired) electrons. The third-order valence-electron chi connectivity index (χ3n) is 5.50. The Balaban J connectivity index is 3.41. The molecule has 0 bridgehead atoms. The predicted molar refractivity (Wildman–Crippen MR) is 139 cm³/mol. The molecule has 2 unspecified atom stereocenters. The zero-order valence-corrected chi connectivity index (χ0v) is 20.2. The maximum atomic E-state index is 9.90. The summed E-state index contributed by atoms with van der Waals surface area (Å²) in [5.41, 5.74) is 0. The zero-order valence-electron chi connectivity index (χ0n) is 20.2. The van der Waals surface area contributed by atoms with Crippen LogP contribution >= 0.6 is 0 Å². The lowest BCUT2D eigenvalue weighted by Crippen LogP contribution is -2.01. The Kier molecular flexibility index (Phi) is 23.8. The summed E-state index contributed by atoms with van der Waals surface area (Å²) in [6.07, 6.45) is 37.6. The number of hydrogen-bond acceptors (Lipinski definition) is 2. The monoisotopic (exact) mass is 438 g/mol. The van der Waals surface area contributed by atoms with Crippen LogP contribution in [0.2, 0.25) is 0 Å². The van der Waals surface area contributed by atoms with E-state index in [1.807, 2.05) is 6.08 Å². The second kappa shape index (κ2) is 25.3. The quantitative estimate of drug-likeness (QED) is 0.121. The highest BCUT2D eigenvalue weighted by Gasteiger charge is 1.98. The minimum Gasteiger partial charge on any atom is -0.380 e. The number of unbranched alkanes of at least 4 members (excludes halogenated alkanes) is 15. The summed E-state index contributed by atoms with van der Waals surface area (Å²) >= 11 is 0. The fraction of sp³-hybridized carbons (Fsp3) is 0.667. The Hall–Kier alpha value is -1.92. The van der Waals surface area contributed by atoms with Crippen LogP contribution in [0.25, 0.3) is 0 Å². The molecule has 32 heavy (non-hydrogen) atoms. The van der Waals surface area contributed by atoms with E-state index in [-0.39, 0.29) is 0 Å². The highest BCUT2D eigenvalue weighted by Crippen LogP contribution is 2.11. The SMILES string of the molecule is C#C/C=C\CCCCCCCCCC/C=C\C(O)C#CCCCCCCCCC(O)C#C. The second-order valence-corrected chi connectivity index (χ2v) is 8.51. The lowest BCUT2D eigenvalue weighted by atomic mass is 10.1. The fourth-order valence-electron chi connectivity index (χ4n) is 3.53. The zero-order chi connectivity index (χ0) is 23.5. The van der Waals surface area contributed by atoms with Crippen molar-refractivity contribution in [3.8, 4) is 36.5 Å². The minimum absolute atomic E-state index is 0.579. The molecule has 0 heterocycles.